The molecule has 2 N–H and O–H groups in total. The van der Waals surface area contributed by atoms with Crippen molar-refractivity contribution < 1.29 is 0 Å². The molecule has 2 aromatic carbocycles. The Bertz CT molecular complexity index is 1000. The summed E-state index contributed by atoms with van der Waals surface area (Å²) >= 11 is 0. The molecule has 0 aliphatic carbocycles. The standard InChI is InChI=1S/C24H20N4/c1-3-9-17(10-4-1)21-22(18-11-5-2-6-12-18)28-24(20-14-8-16-26-20)23(27-21)19-13-7-15-25-19/h1-16,21-22,25-26H. The number of aliphatic imine (C=N–C) groups is 2. The van der Waals surface area contributed by atoms with E-state index >= 15 is 0 Å². The first-order chi connectivity index (χ1) is 13.9. The van der Waals surface area contributed by atoms with Crippen LogP contribution in [-0.2, 0) is 0 Å². The van der Waals surface area contributed by atoms with Crippen LogP contribution in [0.5, 0.6) is 0 Å². The molecule has 4 aromatic rings. The molecule has 5 rings (SSSR count). The zero-order valence-electron chi connectivity index (χ0n) is 15.3. The Morgan fingerprint density at radius 2 is 0.929 bits per heavy atom. The maximum atomic E-state index is 5.22. The monoisotopic (exact) mass is 364 g/mol. The van der Waals surface area contributed by atoms with E-state index in [0.717, 1.165) is 33.9 Å². The predicted molar refractivity (Wildman–Crippen MR) is 113 cm³/mol. The van der Waals surface area contributed by atoms with E-state index in [1.165, 1.54) is 0 Å². The first kappa shape index (κ1) is 16.5. The summed E-state index contributed by atoms with van der Waals surface area (Å²) in [7, 11) is 0. The number of rotatable bonds is 4. The lowest BCUT2D eigenvalue weighted by atomic mass is 9.91. The second-order valence-corrected chi connectivity index (χ2v) is 6.83. The van der Waals surface area contributed by atoms with E-state index < -0.39 is 0 Å². The third-order valence-electron chi connectivity index (χ3n) is 5.05. The van der Waals surface area contributed by atoms with Crippen molar-refractivity contribution in [3.05, 3.63) is 120 Å². The third kappa shape index (κ3) is 2.99. The predicted octanol–water partition coefficient (Wildman–Crippen LogP) is 5.12. The van der Waals surface area contributed by atoms with E-state index in [9.17, 15) is 0 Å². The molecule has 2 unspecified atom stereocenters. The summed E-state index contributed by atoms with van der Waals surface area (Å²) in [6.07, 6.45) is 3.84. The molecule has 0 radical (unpaired) electrons. The van der Waals surface area contributed by atoms with Crippen LogP contribution in [0.1, 0.15) is 34.6 Å². The lowest BCUT2D eigenvalue weighted by Gasteiger charge is -2.28. The zero-order chi connectivity index (χ0) is 18.8. The molecule has 1 aliphatic rings. The van der Waals surface area contributed by atoms with Crippen LogP contribution in [0.3, 0.4) is 0 Å². The number of hydrogen-bond acceptors (Lipinski definition) is 2. The fraction of sp³-hybridized carbons (Fsp3) is 0.0833. The van der Waals surface area contributed by atoms with Gasteiger partial charge in [0.1, 0.15) is 23.5 Å². The Morgan fingerprint density at radius 1 is 0.500 bits per heavy atom. The Kier molecular flexibility index (Phi) is 4.22. The van der Waals surface area contributed by atoms with Gasteiger partial charge in [-0.25, -0.2) is 0 Å². The number of benzene rings is 2. The van der Waals surface area contributed by atoms with E-state index in [2.05, 4.69) is 58.5 Å². The van der Waals surface area contributed by atoms with Crippen LogP contribution in [0, 0.1) is 0 Å². The molecule has 0 amide bonds. The molecular formula is C24H20N4. The lowest BCUT2D eigenvalue weighted by Crippen LogP contribution is -2.27. The molecule has 2 atom stereocenters. The van der Waals surface area contributed by atoms with Gasteiger partial charge in [0.15, 0.2) is 0 Å². The summed E-state index contributed by atoms with van der Waals surface area (Å²) in [6, 6.07) is 28.7. The fourth-order valence-electron chi connectivity index (χ4n) is 3.71. The van der Waals surface area contributed by atoms with E-state index in [1.54, 1.807) is 0 Å². The van der Waals surface area contributed by atoms with Crippen LogP contribution in [0.2, 0.25) is 0 Å². The minimum Gasteiger partial charge on any atom is -0.360 e. The number of hydrogen-bond donors (Lipinski definition) is 2. The molecule has 0 bridgehead atoms. The average Bonchev–Trinajstić information content (AvgIpc) is 3.48. The maximum absolute atomic E-state index is 5.22. The molecule has 3 heterocycles. The summed E-state index contributed by atoms with van der Waals surface area (Å²) in [5.74, 6) is 0. The molecule has 0 spiro atoms. The first-order valence-corrected chi connectivity index (χ1v) is 9.43. The number of nitrogens with one attached hydrogen (secondary N) is 2. The molecule has 0 saturated carbocycles. The Labute approximate surface area is 163 Å². The molecule has 136 valence electrons. The normalized spacial score (nSPS) is 19.1. The second-order valence-electron chi connectivity index (χ2n) is 6.83. The molecule has 2 aromatic heterocycles. The highest BCUT2D eigenvalue weighted by molar-refractivity contribution is 6.53. The van der Waals surface area contributed by atoms with Gasteiger partial charge in [0.2, 0.25) is 0 Å². The van der Waals surface area contributed by atoms with Gasteiger partial charge >= 0.3 is 0 Å². The Hall–Kier alpha value is -3.66. The smallest absolute Gasteiger partial charge is 0.109 e. The van der Waals surface area contributed by atoms with Crippen molar-refractivity contribution in [2.24, 2.45) is 9.98 Å². The molecule has 4 heteroatoms. The van der Waals surface area contributed by atoms with Gasteiger partial charge in [-0.3, -0.25) is 9.98 Å². The quantitative estimate of drug-likeness (QED) is 0.505. The number of aromatic nitrogens is 2. The number of H-pyrrole nitrogens is 2. The van der Waals surface area contributed by atoms with Crippen molar-refractivity contribution in [2.45, 2.75) is 12.1 Å². The van der Waals surface area contributed by atoms with E-state index in [4.69, 9.17) is 9.98 Å². The molecule has 28 heavy (non-hydrogen) atoms. The van der Waals surface area contributed by atoms with Crippen molar-refractivity contribution in [3.8, 4) is 0 Å². The van der Waals surface area contributed by atoms with Crippen molar-refractivity contribution in [3.63, 3.8) is 0 Å². The van der Waals surface area contributed by atoms with Crippen molar-refractivity contribution in [1.82, 2.24) is 9.97 Å². The summed E-state index contributed by atoms with van der Waals surface area (Å²) in [5.41, 5.74) is 6.04. The highest BCUT2D eigenvalue weighted by atomic mass is 15.0. The summed E-state index contributed by atoms with van der Waals surface area (Å²) in [5, 5.41) is 0. The topological polar surface area (TPSA) is 56.3 Å². The van der Waals surface area contributed by atoms with Gasteiger partial charge < -0.3 is 9.97 Å². The van der Waals surface area contributed by atoms with Gasteiger partial charge in [0, 0.05) is 12.4 Å². The highest BCUT2D eigenvalue weighted by Crippen LogP contribution is 2.39. The lowest BCUT2D eigenvalue weighted by molar-refractivity contribution is 0.574. The van der Waals surface area contributed by atoms with Crippen LogP contribution in [0.4, 0.5) is 0 Å². The molecular weight excluding hydrogens is 344 g/mol. The largest absolute Gasteiger partial charge is 0.360 e. The van der Waals surface area contributed by atoms with Crippen molar-refractivity contribution in [2.75, 3.05) is 0 Å². The van der Waals surface area contributed by atoms with E-state index in [-0.39, 0.29) is 12.1 Å². The van der Waals surface area contributed by atoms with Gasteiger partial charge in [-0.05, 0) is 35.4 Å². The van der Waals surface area contributed by atoms with E-state index in [1.807, 2.05) is 48.8 Å². The number of nitrogens with zero attached hydrogens (tertiary/aromatic N) is 2. The zero-order valence-corrected chi connectivity index (χ0v) is 15.3. The minimum atomic E-state index is -0.0828. The highest BCUT2D eigenvalue weighted by Gasteiger charge is 2.32. The van der Waals surface area contributed by atoms with Crippen LogP contribution < -0.4 is 0 Å². The minimum absolute atomic E-state index is 0.0828. The maximum Gasteiger partial charge on any atom is 0.109 e. The average molecular weight is 364 g/mol. The van der Waals surface area contributed by atoms with Crippen LogP contribution in [-0.4, -0.2) is 21.4 Å². The van der Waals surface area contributed by atoms with Crippen molar-refractivity contribution in [1.29, 1.82) is 0 Å². The van der Waals surface area contributed by atoms with E-state index in [0.29, 0.717) is 0 Å². The molecule has 1 aliphatic heterocycles. The molecule has 0 fully saturated rings. The first-order valence-electron chi connectivity index (χ1n) is 9.43. The Balaban J connectivity index is 1.71. The van der Waals surface area contributed by atoms with Gasteiger partial charge in [-0.2, -0.15) is 0 Å². The van der Waals surface area contributed by atoms with Gasteiger partial charge in [-0.1, -0.05) is 60.7 Å². The summed E-state index contributed by atoms with van der Waals surface area (Å²) in [4.78, 5) is 17.0. The van der Waals surface area contributed by atoms with Crippen LogP contribution in [0.15, 0.2) is 107 Å². The number of aromatic amines is 2. The fourth-order valence-corrected chi connectivity index (χ4v) is 3.71. The summed E-state index contributed by atoms with van der Waals surface area (Å²) < 4.78 is 0. The third-order valence-corrected chi connectivity index (χ3v) is 5.05. The van der Waals surface area contributed by atoms with Crippen LogP contribution in [0.25, 0.3) is 0 Å². The molecule has 4 nitrogen and oxygen atoms in total. The Morgan fingerprint density at radius 3 is 1.29 bits per heavy atom. The van der Waals surface area contributed by atoms with Crippen LogP contribution >= 0.6 is 0 Å². The van der Waals surface area contributed by atoms with Gasteiger partial charge in [-0.15, -0.1) is 0 Å². The second kappa shape index (κ2) is 7.16. The SMILES string of the molecule is c1ccc(C2N=C(c3ccc[nH]3)C(c3ccc[nH]3)=NC2c2ccccc2)cc1. The van der Waals surface area contributed by atoms with Gasteiger partial charge in [0.25, 0.3) is 0 Å². The summed E-state index contributed by atoms with van der Waals surface area (Å²) in [6.45, 7) is 0. The molecule has 0 saturated heterocycles. The van der Waals surface area contributed by atoms with Gasteiger partial charge in [0.05, 0.1) is 11.4 Å². The van der Waals surface area contributed by atoms with Crippen molar-refractivity contribution >= 4 is 11.4 Å².